The summed E-state index contributed by atoms with van der Waals surface area (Å²) in [6.45, 7) is 11.4. The van der Waals surface area contributed by atoms with E-state index in [-0.39, 0.29) is 31.1 Å². The molecule has 6 heteroatoms. The van der Waals surface area contributed by atoms with Crippen molar-refractivity contribution in [3.05, 3.63) is 0 Å². The molecule has 0 saturated carbocycles. The summed E-state index contributed by atoms with van der Waals surface area (Å²) in [6.07, 6.45) is 48.0. The van der Waals surface area contributed by atoms with E-state index in [9.17, 15) is 14.4 Å². The highest BCUT2D eigenvalue weighted by Crippen LogP contribution is 2.17. The van der Waals surface area contributed by atoms with E-state index in [1.807, 2.05) is 0 Å². The number of hydrogen-bond acceptors (Lipinski definition) is 6. The Hall–Kier alpha value is -1.59. The largest absolute Gasteiger partial charge is 0.462 e. The quantitative estimate of drug-likeness (QED) is 0.0345. The first-order valence-corrected chi connectivity index (χ1v) is 26.7. The number of hydrogen-bond donors (Lipinski definition) is 0. The second kappa shape index (κ2) is 46.9. The fourth-order valence-corrected chi connectivity index (χ4v) is 8.17. The van der Waals surface area contributed by atoms with Gasteiger partial charge in [0.25, 0.3) is 0 Å². The Bertz CT molecular complexity index is 916. The lowest BCUT2D eigenvalue weighted by atomic mass is 10.0. The third-order valence-corrected chi connectivity index (χ3v) is 12.2. The summed E-state index contributed by atoms with van der Waals surface area (Å²) < 4.78 is 16.8. The van der Waals surface area contributed by atoms with Crippen molar-refractivity contribution in [3.63, 3.8) is 0 Å². The summed E-state index contributed by atoms with van der Waals surface area (Å²) in [6, 6.07) is 0. The molecule has 0 spiro atoms. The topological polar surface area (TPSA) is 78.9 Å². The molecule has 0 fully saturated rings. The van der Waals surface area contributed by atoms with Crippen molar-refractivity contribution in [1.29, 1.82) is 0 Å². The Kier molecular flexibility index (Phi) is 45.7. The second-order valence-electron chi connectivity index (χ2n) is 19.5. The van der Waals surface area contributed by atoms with Crippen LogP contribution in [-0.2, 0) is 28.6 Å². The van der Waals surface area contributed by atoms with Gasteiger partial charge in [0.15, 0.2) is 6.10 Å². The Morgan fingerprint density at radius 1 is 0.317 bits per heavy atom. The molecule has 0 aliphatic rings. The fourth-order valence-electron chi connectivity index (χ4n) is 8.17. The molecule has 0 aromatic heterocycles. The van der Waals surface area contributed by atoms with Crippen molar-refractivity contribution in [2.45, 2.75) is 304 Å². The summed E-state index contributed by atoms with van der Waals surface area (Å²) in [5.74, 6) is 0.804. The van der Waals surface area contributed by atoms with E-state index in [2.05, 4.69) is 34.6 Å². The molecule has 60 heavy (non-hydrogen) atoms. The van der Waals surface area contributed by atoms with Gasteiger partial charge in [-0.2, -0.15) is 0 Å². The molecule has 0 N–H and O–H groups in total. The number of ether oxygens (including phenoxy) is 3. The van der Waals surface area contributed by atoms with E-state index in [4.69, 9.17) is 14.2 Å². The maximum absolute atomic E-state index is 12.8. The van der Waals surface area contributed by atoms with Crippen molar-refractivity contribution in [2.75, 3.05) is 13.2 Å². The minimum Gasteiger partial charge on any atom is -0.462 e. The van der Waals surface area contributed by atoms with Gasteiger partial charge >= 0.3 is 17.9 Å². The normalized spacial score (nSPS) is 12.1. The summed E-state index contributed by atoms with van der Waals surface area (Å²) in [7, 11) is 0. The van der Waals surface area contributed by atoms with Crippen LogP contribution < -0.4 is 0 Å². The highest BCUT2D eigenvalue weighted by Gasteiger charge is 2.19. The molecular weight excluding hydrogens is 745 g/mol. The van der Waals surface area contributed by atoms with Crippen LogP contribution in [0, 0.1) is 11.8 Å². The van der Waals surface area contributed by atoms with Gasteiger partial charge < -0.3 is 14.2 Å². The molecule has 0 aliphatic carbocycles. The first kappa shape index (κ1) is 58.4. The van der Waals surface area contributed by atoms with Gasteiger partial charge in [0.2, 0.25) is 0 Å². The second-order valence-corrected chi connectivity index (χ2v) is 19.5. The number of carbonyl (C=O) groups excluding carboxylic acids is 3. The molecule has 0 aromatic carbocycles. The van der Waals surface area contributed by atoms with Gasteiger partial charge in [0.05, 0.1) is 0 Å². The molecule has 0 radical (unpaired) electrons. The summed E-state index contributed by atoms with van der Waals surface area (Å²) in [5, 5.41) is 0. The Labute approximate surface area is 374 Å². The number of unbranched alkanes of at least 4 members (excludes halogenated alkanes) is 33. The van der Waals surface area contributed by atoms with Gasteiger partial charge in [-0.05, 0) is 31.1 Å². The highest BCUT2D eigenvalue weighted by atomic mass is 16.6. The standard InChI is InChI=1S/C54H104O6/c1-6-7-8-9-10-11-12-15-19-24-29-34-39-44-52(55)58-47-51(60-54(57)46-41-36-31-26-21-23-28-33-38-43-50(4)5)48-59-53(56)45-40-35-30-25-20-17-14-13-16-18-22-27-32-37-42-49(2)3/h49-51H,6-48H2,1-5H3/t51-/m0/s1. The molecule has 356 valence electrons. The zero-order valence-corrected chi connectivity index (χ0v) is 41.1. The minimum atomic E-state index is -0.762. The van der Waals surface area contributed by atoms with Crippen LogP contribution in [0.15, 0.2) is 0 Å². The molecular formula is C54H104O6. The predicted octanol–water partition coefficient (Wildman–Crippen LogP) is 17.3. The summed E-state index contributed by atoms with van der Waals surface area (Å²) in [5.41, 5.74) is 0. The van der Waals surface area contributed by atoms with E-state index < -0.39 is 6.10 Å². The van der Waals surface area contributed by atoms with Gasteiger partial charge in [-0.3, -0.25) is 14.4 Å². The molecule has 0 heterocycles. The monoisotopic (exact) mass is 849 g/mol. The molecule has 0 aliphatic heterocycles. The SMILES string of the molecule is CCCCCCCCCCCCCCCC(=O)OC[C@@H](COC(=O)CCCCCCCCCCCCCCCCC(C)C)OC(=O)CCCCCCCCCCCC(C)C. The number of carbonyl (C=O) groups is 3. The van der Waals surface area contributed by atoms with Crippen molar-refractivity contribution in [3.8, 4) is 0 Å². The average Bonchev–Trinajstić information content (AvgIpc) is 3.22. The van der Waals surface area contributed by atoms with Crippen LogP contribution in [0.25, 0.3) is 0 Å². The smallest absolute Gasteiger partial charge is 0.306 e. The first-order valence-electron chi connectivity index (χ1n) is 26.7. The van der Waals surface area contributed by atoms with Crippen LogP contribution >= 0.6 is 0 Å². The van der Waals surface area contributed by atoms with Crippen LogP contribution in [-0.4, -0.2) is 37.2 Å². The summed E-state index contributed by atoms with van der Waals surface area (Å²) in [4.78, 5) is 38.0. The molecule has 0 unspecified atom stereocenters. The molecule has 6 nitrogen and oxygen atoms in total. The zero-order chi connectivity index (χ0) is 44.0. The van der Waals surface area contributed by atoms with Crippen molar-refractivity contribution in [2.24, 2.45) is 11.8 Å². The van der Waals surface area contributed by atoms with Crippen LogP contribution in [0.1, 0.15) is 298 Å². The van der Waals surface area contributed by atoms with Gasteiger partial charge in [-0.15, -0.1) is 0 Å². The van der Waals surface area contributed by atoms with E-state index in [1.165, 1.54) is 186 Å². The molecule has 0 bridgehead atoms. The fraction of sp³-hybridized carbons (Fsp3) is 0.944. The lowest BCUT2D eigenvalue weighted by molar-refractivity contribution is -0.167. The Morgan fingerprint density at radius 2 is 0.550 bits per heavy atom. The van der Waals surface area contributed by atoms with E-state index >= 15 is 0 Å². The Balaban J connectivity index is 4.28. The lowest BCUT2D eigenvalue weighted by Crippen LogP contribution is -2.30. The highest BCUT2D eigenvalue weighted by molar-refractivity contribution is 5.71. The van der Waals surface area contributed by atoms with Crippen LogP contribution in [0.4, 0.5) is 0 Å². The number of esters is 3. The summed E-state index contributed by atoms with van der Waals surface area (Å²) >= 11 is 0. The first-order chi connectivity index (χ1) is 29.2. The molecule has 0 amide bonds. The van der Waals surface area contributed by atoms with E-state index in [1.54, 1.807) is 0 Å². The van der Waals surface area contributed by atoms with Crippen LogP contribution in [0.2, 0.25) is 0 Å². The third-order valence-electron chi connectivity index (χ3n) is 12.2. The Morgan fingerprint density at radius 3 is 0.817 bits per heavy atom. The van der Waals surface area contributed by atoms with E-state index in [0.29, 0.717) is 19.3 Å². The van der Waals surface area contributed by atoms with Crippen LogP contribution in [0.5, 0.6) is 0 Å². The average molecular weight is 849 g/mol. The van der Waals surface area contributed by atoms with E-state index in [0.717, 1.165) is 69.6 Å². The van der Waals surface area contributed by atoms with Gasteiger partial charge in [0.1, 0.15) is 13.2 Å². The molecule has 1 atom stereocenters. The van der Waals surface area contributed by atoms with Crippen molar-refractivity contribution in [1.82, 2.24) is 0 Å². The predicted molar refractivity (Wildman–Crippen MR) is 256 cm³/mol. The maximum atomic E-state index is 12.8. The van der Waals surface area contributed by atoms with Gasteiger partial charge in [0, 0.05) is 19.3 Å². The zero-order valence-electron chi connectivity index (χ0n) is 41.1. The van der Waals surface area contributed by atoms with Crippen molar-refractivity contribution < 1.29 is 28.6 Å². The van der Waals surface area contributed by atoms with Crippen LogP contribution in [0.3, 0.4) is 0 Å². The van der Waals surface area contributed by atoms with Gasteiger partial charge in [-0.25, -0.2) is 0 Å². The third kappa shape index (κ3) is 47.5. The number of rotatable bonds is 48. The maximum Gasteiger partial charge on any atom is 0.306 e. The van der Waals surface area contributed by atoms with Crippen molar-refractivity contribution >= 4 is 17.9 Å². The van der Waals surface area contributed by atoms with Gasteiger partial charge in [-0.1, -0.05) is 259 Å². The molecule has 0 aromatic rings. The molecule has 0 saturated heterocycles. The molecule has 0 rings (SSSR count). The lowest BCUT2D eigenvalue weighted by Gasteiger charge is -2.18. The minimum absolute atomic E-state index is 0.0636.